The molecule has 0 radical (unpaired) electrons. The van der Waals surface area contributed by atoms with Crippen molar-refractivity contribution in [1.29, 1.82) is 0 Å². The van der Waals surface area contributed by atoms with E-state index >= 15 is 0 Å². The highest BCUT2D eigenvalue weighted by Gasteiger charge is 2.41. The lowest BCUT2D eigenvalue weighted by Gasteiger charge is -2.22. The summed E-state index contributed by atoms with van der Waals surface area (Å²) in [5, 5.41) is 0. The van der Waals surface area contributed by atoms with Crippen molar-refractivity contribution in [2.45, 2.75) is 6.92 Å². The Labute approximate surface area is 158 Å². The van der Waals surface area contributed by atoms with E-state index in [2.05, 4.69) is 41.9 Å². The van der Waals surface area contributed by atoms with E-state index in [1.807, 2.05) is 43.7 Å². The quantitative estimate of drug-likeness (QED) is 0.718. The molecule has 4 heterocycles. The number of benzene rings is 1. The molecule has 6 heteroatoms. The zero-order valence-electron chi connectivity index (χ0n) is 15.4. The van der Waals surface area contributed by atoms with Gasteiger partial charge >= 0.3 is 0 Å². The molecular weight excluding hydrogens is 336 g/mol. The second kappa shape index (κ2) is 6.61. The molecule has 2 unspecified atom stereocenters. The second-order valence-electron chi connectivity index (χ2n) is 7.47. The molecule has 2 saturated heterocycles. The largest absolute Gasteiger partial charge is 0.355 e. The van der Waals surface area contributed by atoms with Crippen LogP contribution in [-0.2, 0) is 0 Å². The molecule has 2 atom stereocenters. The average molecular weight is 358 g/mol. The minimum Gasteiger partial charge on any atom is -0.355 e. The van der Waals surface area contributed by atoms with Crippen LogP contribution in [0.3, 0.4) is 0 Å². The molecule has 2 aliphatic heterocycles. The number of aryl methyl sites for hydroxylation is 1. The van der Waals surface area contributed by atoms with Gasteiger partial charge in [-0.25, -0.2) is 9.97 Å². The Morgan fingerprint density at radius 3 is 2.11 bits per heavy atom. The van der Waals surface area contributed by atoms with Crippen LogP contribution in [0.5, 0.6) is 0 Å². The third-order valence-electron chi connectivity index (χ3n) is 5.58. The van der Waals surface area contributed by atoms with Gasteiger partial charge < -0.3 is 9.80 Å². The van der Waals surface area contributed by atoms with Gasteiger partial charge in [0.15, 0.2) is 0 Å². The molecule has 2 fully saturated rings. The molecule has 5 rings (SSSR count). The highest BCUT2D eigenvalue weighted by Crippen LogP contribution is 2.35. The van der Waals surface area contributed by atoms with Crippen molar-refractivity contribution in [3.63, 3.8) is 0 Å². The molecule has 0 spiro atoms. The lowest BCUT2D eigenvalue weighted by molar-refractivity contribution is 0.533. The van der Waals surface area contributed by atoms with E-state index in [4.69, 9.17) is 0 Å². The Morgan fingerprint density at radius 1 is 0.778 bits per heavy atom. The molecule has 0 saturated carbocycles. The first-order chi connectivity index (χ1) is 13.3. The van der Waals surface area contributed by atoms with Crippen molar-refractivity contribution in [2.75, 3.05) is 36.0 Å². The molecule has 6 nitrogen and oxygen atoms in total. The van der Waals surface area contributed by atoms with Gasteiger partial charge in [0.1, 0.15) is 11.6 Å². The van der Waals surface area contributed by atoms with E-state index in [1.54, 1.807) is 6.20 Å². The summed E-state index contributed by atoms with van der Waals surface area (Å²) in [6, 6.07) is 10.2. The summed E-state index contributed by atoms with van der Waals surface area (Å²) in [4.78, 5) is 23.0. The minimum absolute atomic E-state index is 0.642. The highest BCUT2D eigenvalue weighted by molar-refractivity contribution is 5.58. The maximum atomic E-state index is 4.68. The van der Waals surface area contributed by atoms with Gasteiger partial charge in [0.2, 0.25) is 0 Å². The average Bonchev–Trinajstić information content (AvgIpc) is 3.28. The molecule has 0 N–H and O–H groups in total. The first kappa shape index (κ1) is 16.2. The first-order valence-electron chi connectivity index (χ1n) is 9.42. The van der Waals surface area contributed by atoms with Gasteiger partial charge in [-0.15, -0.1) is 0 Å². The molecule has 2 aromatic heterocycles. The Hall–Kier alpha value is -3.02. The molecule has 2 aliphatic rings. The third kappa shape index (κ3) is 3.12. The lowest BCUT2D eigenvalue weighted by atomic mass is 10.0. The summed E-state index contributed by atoms with van der Waals surface area (Å²) < 4.78 is 0. The number of rotatable bonds is 3. The Kier molecular flexibility index (Phi) is 3.96. The summed E-state index contributed by atoms with van der Waals surface area (Å²) in [6.07, 6.45) is 7.47. The number of hydrogen-bond donors (Lipinski definition) is 0. The molecule has 1 aromatic carbocycles. The van der Waals surface area contributed by atoms with Gasteiger partial charge in [-0.2, -0.15) is 0 Å². The van der Waals surface area contributed by atoms with Crippen molar-refractivity contribution in [1.82, 2.24) is 19.9 Å². The zero-order valence-corrected chi connectivity index (χ0v) is 15.4. The fourth-order valence-electron chi connectivity index (χ4n) is 4.21. The summed E-state index contributed by atoms with van der Waals surface area (Å²) in [5.41, 5.74) is 2.99. The number of anilines is 2. The van der Waals surface area contributed by atoms with E-state index in [0.29, 0.717) is 11.8 Å². The summed E-state index contributed by atoms with van der Waals surface area (Å²) in [6.45, 7) is 6.12. The van der Waals surface area contributed by atoms with Crippen LogP contribution < -0.4 is 9.80 Å². The van der Waals surface area contributed by atoms with Gasteiger partial charge in [0.25, 0.3) is 0 Å². The zero-order chi connectivity index (χ0) is 18.2. The third-order valence-corrected chi connectivity index (χ3v) is 5.58. The smallest absolute Gasteiger partial charge is 0.147 e. The molecule has 27 heavy (non-hydrogen) atoms. The Balaban J connectivity index is 1.26. The van der Waals surface area contributed by atoms with Crippen LogP contribution in [0.1, 0.15) is 5.69 Å². The van der Waals surface area contributed by atoms with Crippen LogP contribution in [0.4, 0.5) is 11.6 Å². The van der Waals surface area contributed by atoms with E-state index < -0.39 is 0 Å². The molecule has 136 valence electrons. The van der Waals surface area contributed by atoms with E-state index in [-0.39, 0.29) is 0 Å². The molecule has 0 aliphatic carbocycles. The van der Waals surface area contributed by atoms with E-state index in [1.165, 1.54) is 0 Å². The number of nitrogens with zero attached hydrogens (tertiary/aromatic N) is 6. The maximum Gasteiger partial charge on any atom is 0.147 e. The number of hydrogen-bond acceptors (Lipinski definition) is 6. The van der Waals surface area contributed by atoms with Crippen LogP contribution in [0.2, 0.25) is 0 Å². The normalized spacial score (nSPS) is 21.5. The van der Waals surface area contributed by atoms with Crippen molar-refractivity contribution in [3.05, 3.63) is 60.8 Å². The summed E-state index contributed by atoms with van der Waals surface area (Å²) >= 11 is 0. The van der Waals surface area contributed by atoms with E-state index in [9.17, 15) is 0 Å². The SMILES string of the molecule is Cc1cncc(N2CC3CN(c4cnc(-c5ccccc5)cn4)CC3C2)n1. The maximum absolute atomic E-state index is 4.68. The van der Waals surface area contributed by atoms with Crippen LogP contribution in [0.15, 0.2) is 55.1 Å². The summed E-state index contributed by atoms with van der Waals surface area (Å²) in [7, 11) is 0. The van der Waals surface area contributed by atoms with Crippen LogP contribution in [0.25, 0.3) is 11.3 Å². The monoisotopic (exact) mass is 358 g/mol. The minimum atomic E-state index is 0.642. The standard InChI is InChI=1S/C21H22N6/c1-15-7-22-9-21(25-15)27-13-17-11-26(12-18(17)14-27)20-10-23-19(8-24-20)16-5-3-2-4-6-16/h2-10,17-18H,11-14H2,1H3. The van der Waals surface area contributed by atoms with Gasteiger partial charge in [0, 0.05) is 49.8 Å². The van der Waals surface area contributed by atoms with Crippen molar-refractivity contribution in [2.24, 2.45) is 11.8 Å². The Morgan fingerprint density at radius 2 is 1.48 bits per heavy atom. The van der Waals surface area contributed by atoms with E-state index in [0.717, 1.165) is 54.8 Å². The number of fused-ring (bicyclic) bond motifs is 1. The molecular formula is C21H22N6. The highest BCUT2D eigenvalue weighted by atomic mass is 15.3. The van der Waals surface area contributed by atoms with Crippen molar-refractivity contribution < 1.29 is 0 Å². The van der Waals surface area contributed by atoms with Gasteiger partial charge in [-0.05, 0) is 6.92 Å². The van der Waals surface area contributed by atoms with Gasteiger partial charge in [0.05, 0.1) is 30.0 Å². The predicted octanol–water partition coefficient (Wildman–Crippen LogP) is 2.81. The van der Waals surface area contributed by atoms with Gasteiger partial charge in [-0.1, -0.05) is 30.3 Å². The first-order valence-corrected chi connectivity index (χ1v) is 9.42. The van der Waals surface area contributed by atoms with Gasteiger partial charge in [-0.3, -0.25) is 9.97 Å². The fourth-order valence-corrected chi connectivity index (χ4v) is 4.21. The second-order valence-corrected chi connectivity index (χ2v) is 7.47. The Bertz CT molecular complexity index is 913. The lowest BCUT2D eigenvalue weighted by Crippen LogP contribution is -2.29. The topological polar surface area (TPSA) is 58.0 Å². The molecule has 0 amide bonds. The van der Waals surface area contributed by atoms with Crippen molar-refractivity contribution in [3.8, 4) is 11.3 Å². The van der Waals surface area contributed by atoms with Crippen LogP contribution >= 0.6 is 0 Å². The molecule has 0 bridgehead atoms. The number of aromatic nitrogens is 4. The van der Waals surface area contributed by atoms with Crippen LogP contribution in [0, 0.1) is 18.8 Å². The van der Waals surface area contributed by atoms with Crippen LogP contribution in [-0.4, -0.2) is 46.1 Å². The summed E-state index contributed by atoms with van der Waals surface area (Å²) in [5.74, 6) is 3.26. The fraction of sp³-hybridized carbons (Fsp3) is 0.333. The van der Waals surface area contributed by atoms with Crippen molar-refractivity contribution >= 4 is 11.6 Å². The predicted molar refractivity (Wildman–Crippen MR) is 106 cm³/mol. The molecule has 3 aromatic rings.